The summed E-state index contributed by atoms with van der Waals surface area (Å²) in [6.45, 7) is 4.31. The maximum atomic E-state index is 10.8. The van der Waals surface area contributed by atoms with E-state index in [9.17, 15) is 4.79 Å². The summed E-state index contributed by atoms with van der Waals surface area (Å²) in [5.41, 5.74) is 5.54. The van der Waals surface area contributed by atoms with Crippen LogP contribution >= 0.6 is 12.4 Å². The Balaban J connectivity index is 0. The Bertz CT molecular complexity index is 140. The van der Waals surface area contributed by atoms with Gasteiger partial charge in [-0.05, 0) is 12.3 Å². The zero-order valence-electron chi connectivity index (χ0n) is 8.58. The van der Waals surface area contributed by atoms with E-state index >= 15 is 0 Å². The first-order valence-corrected chi connectivity index (χ1v) is 4.41. The van der Waals surface area contributed by atoms with Gasteiger partial charge in [-0.25, -0.2) is 0 Å². The van der Waals surface area contributed by atoms with Crippen molar-refractivity contribution >= 4 is 18.4 Å². The molecule has 0 aromatic heterocycles. The SMILES string of the molecule is COC(=O)C(N)CCCC(C)C.Cl. The molecule has 0 fully saturated rings. The molecule has 0 aliphatic rings. The molecule has 0 rings (SSSR count). The number of halogens is 1. The van der Waals surface area contributed by atoms with E-state index in [0.29, 0.717) is 5.92 Å². The maximum absolute atomic E-state index is 10.8. The normalized spacial score (nSPS) is 12.1. The van der Waals surface area contributed by atoms with Crippen molar-refractivity contribution in [3.63, 3.8) is 0 Å². The number of carbonyl (C=O) groups is 1. The first-order chi connectivity index (χ1) is 5.57. The number of hydrogen-bond acceptors (Lipinski definition) is 3. The van der Waals surface area contributed by atoms with Gasteiger partial charge in [-0.3, -0.25) is 4.79 Å². The van der Waals surface area contributed by atoms with Crippen LogP contribution in [0.3, 0.4) is 0 Å². The summed E-state index contributed by atoms with van der Waals surface area (Å²) in [6.07, 6.45) is 2.84. The highest BCUT2D eigenvalue weighted by atomic mass is 35.5. The lowest BCUT2D eigenvalue weighted by molar-refractivity contribution is -0.142. The van der Waals surface area contributed by atoms with Crippen molar-refractivity contribution in [2.24, 2.45) is 11.7 Å². The molecule has 80 valence electrons. The van der Waals surface area contributed by atoms with Gasteiger partial charge in [-0.2, -0.15) is 0 Å². The minimum atomic E-state index is -0.436. The minimum absolute atomic E-state index is 0. The lowest BCUT2D eigenvalue weighted by Crippen LogP contribution is -2.31. The van der Waals surface area contributed by atoms with Crippen LogP contribution in [0.25, 0.3) is 0 Å². The van der Waals surface area contributed by atoms with E-state index in [-0.39, 0.29) is 18.4 Å². The van der Waals surface area contributed by atoms with Crippen molar-refractivity contribution in [1.29, 1.82) is 0 Å². The molecule has 0 heterocycles. The number of carbonyl (C=O) groups excluding carboxylic acids is 1. The van der Waals surface area contributed by atoms with Crippen LogP contribution in [0.5, 0.6) is 0 Å². The number of methoxy groups -OCH3 is 1. The van der Waals surface area contributed by atoms with Crippen molar-refractivity contribution in [2.75, 3.05) is 7.11 Å². The van der Waals surface area contributed by atoms with Gasteiger partial charge in [-0.1, -0.05) is 26.7 Å². The Morgan fingerprint density at radius 1 is 1.38 bits per heavy atom. The number of rotatable bonds is 5. The Labute approximate surface area is 86.4 Å². The van der Waals surface area contributed by atoms with Gasteiger partial charge in [0.1, 0.15) is 6.04 Å². The van der Waals surface area contributed by atoms with Crippen molar-refractivity contribution in [3.05, 3.63) is 0 Å². The van der Waals surface area contributed by atoms with Crippen LogP contribution in [0.1, 0.15) is 33.1 Å². The van der Waals surface area contributed by atoms with Gasteiger partial charge in [-0.15, -0.1) is 12.4 Å². The van der Waals surface area contributed by atoms with Crippen LogP contribution in [0.15, 0.2) is 0 Å². The molecular weight excluding hydrogens is 190 g/mol. The molecule has 0 aliphatic carbocycles. The van der Waals surface area contributed by atoms with Gasteiger partial charge >= 0.3 is 5.97 Å². The molecule has 13 heavy (non-hydrogen) atoms. The van der Waals surface area contributed by atoms with Gasteiger partial charge in [0, 0.05) is 0 Å². The van der Waals surface area contributed by atoms with Crippen LogP contribution in [0, 0.1) is 5.92 Å². The molecule has 0 aromatic rings. The summed E-state index contributed by atoms with van der Waals surface area (Å²) < 4.78 is 4.51. The minimum Gasteiger partial charge on any atom is -0.468 e. The molecule has 0 radical (unpaired) electrons. The predicted octanol–water partition coefficient (Wildman–Crippen LogP) is 1.73. The fraction of sp³-hybridized carbons (Fsp3) is 0.889. The van der Waals surface area contributed by atoms with Gasteiger partial charge in [0.2, 0.25) is 0 Å². The Kier molecular flexibility index (Phi) is 9.74. The van der Waals surface area contributed by atoms with Crippen molar-refractivity contribution in [3.8, 4) is 0 Å². The molecular formula is C9H20ClNO2. The summed E-state index contributed by atoms with van der Waals surface area (Å²) >= 11 is 0. The molecule has 0 spiro atoms. The maximum Gasteiger partial charge on any atom is 0.322 e. The molecule has 0 aromatic carbocycles. The van der Waals surface area contributed by atoms with E-state index in [2.05, 4.69) is 18.6 Å². The monoisotopic (exact) mass is 209 g/mol. The fourth-order valence-electron chi connectivity index (χ4n) is 1.02. The average molecular weight is 210 g/mol. The lowest BCUT2D eigenvalue weighted by Gasteiger charge is -2.09. The quantitative estimate of drug-likeness (QED) is 0.702. The Morgan fingerprint density at radius 3 is 2.31 bits per heavy atom. The number of hydrogen-bond donors (Lipinski definition) is 1. The Hall–Kier alpha value is -0.280. The zero-order valence-corrected chi connectivity index (χ0v) is 9.39. The first kappa shape index (κ1) is 15.2. The number of esters is 1. The van der Waals surface area contributed by atoms with E-state index in [1.54, 1.807) is 0 Å². The van der Waals surface area contributed by atoms with Gasteiger partial charge in [0.25, 0.3) is 0 Å². The van der Waals surface area contributed by atoms with Gasteiger partial charge < -0.3 is 10.5 Å². The van der Waals surface area contributed by atoms with E-state index in [1.807, 2.05) is 0 Å². The van der Waals surface area contributed by atoms with Crippen LogP contribution < -0.4 is 5.73 Å². The summed E-state index contributed by atoms with van der Waals surface area (Å²) in [6, 6.07) is -0.436. The van der Waals surface area contributed by atoms with Crippen LogP contribution in [0.2, 0.25) is 0 Å². The third-order valence-corrected chi connectivity index (χ3v) is 1.80. The predicted molar refractivity (Wildman–Crippen MR) is 55.9 cm³/mol. The highest BCUT2D eigenvalue weighted by Crippen LogP contribution is 2.07. The van der Waals surface area contributed by atoms with E-state index < -0.39 is 6.04 Å². The molecule has 0 saturated carbocycles. The summed E-state index contributed by atoms with van der Waals surface area (Å²) in [5.74, 6) is 0.369. The highest BCUT2D eigenvalue weighted by Gasteiger charge is 2.12. The Morgan fingerprint density at radius 2 is 1.92 bits per heavy atom. The molecule has 1 unspecified atom stereocenters. The van der Waals surface area contributed by atoms with Crippen LogP contribution in [-0.2, 0) is 9.53 Å². The molecule has 0 bridgehead atoms. The average Bonchev–Trinajstić information content (AvgIpc) is 2.02. The molecule has 1 atom stereocenters. The van der Waals surface area contributed by atoms with E-state index in [4.69, 9.17) is 5.73 Å². The van der Waals surface area contributed by atoms with E-state index in [1.165, 1.54) is 7.11 Å². The highest BCUT2D eigenvalue weighted by molar-refractivity contribution is 5.85. The second kappa shape index (κ2) is 8.32. The van der Waals surface area contributed by atoms with Crippen molar-refractivity contribution in [2.45, 2.75) is 39.2 Å². The zero-order chi connectivity index (χ0) is 9.56. The molecule has 4 heteroatoms. The van der Waals surface area contributed by atoms with Gasteiger partial charge in [0.15, 0.2) is 0 Å². The topological polar surface area (TPSA) is 52.3 Å². The summed E-state index contributed by atoms with van der Waals surface area (Å²) in [5, 5.41) is 0. The smallest absolute Gasteiger partial charge is 0.322 e. The van der Waals surface area contributed by atoms with E-state index in [0.717, 1.165) is 19.3 Å². The number of ether oxygens (including phenoxy) is 1. The molecule has 2 N–H and O–H groups in total. The molecule has 0 saturated heterocycles. The molecule has 3 nitrogen and oxygen atoms in total. The largest absolute Gasteiger partial charge is 0.468 e. The second-order valence-corrected chi connectivity index (χ2v) is 3.45. The summed E-state index contributed by atoms with van der Waals surface area (Å²) in [7, 11) is 1.37. The lowest BCUT2D eigenvalue weighted by atomic mass is 10.0. The summed E-state index contributed by atoms with van der Waals surface area (Å²) in [4.78, 5) is 10.8. The van der Waals surface area contributed by atoms with Crippen LogP contribution in [0.4, 0.5) is 0 Å². The second-order valence-electron chi connectivity index (χ2n) is 3.45. The third kappa shape index (κ3) is 8.06. The standard InChI is InChI=1S/C9H19NO2.ClH/c1-7(2)5-4-6-8(10)9(11)12-3;/h7-8H,4-6,10H2,1-3H3;1H. The number of nitrogens with two attached hydrogens (primary N) is 1. The molecule has 0 aliphatic heterocycles. The van der Waals surface area contributed by atoms with Crippen molar-refractivity contribution in [1.82, 2.24) is 0 Å². The third-order valence-electron chi connectivity index (χ3n) is 1.80. The van der Waals surface area contributed by atoms with Crippen LogP contribution in [-0.4, -0.2) is 19.1 Å². The first-order valence-electron chi connectivity index (χ1n) is 4.41. The van der Waals surface area contributed by atoms with Crippen molar-refractivity contribution < 1.29 is 9.53 Å². The van der Waals surface area contributed by atoms with Gasteiger partial charge in [0.05, 0.1) is 7.11 Å². The fourth-order valence-corrected chi connectivity index (χ4v) is 1.02. The molecule has 0 amide bonds.